The molecule has 0 aliphatic heterocycles. The molecule has 2 amide bonds. The molecule has 0 saturated heterocycles. The number of carbonyl (C=O) groups is 2. The van der Waals surface area contributed by atoms with Crippen molar-refractivity contribution in [3.8, 4) is 0 Å². The van der Waals surface area contributed by atoms with Crippen LogP contribution in [0.4, 0.5) is 0 Å². The van der Waals surface area contributed by atoms with E-state index in [1.807, 2.05) is 99.6 Å². The zero-order chi connectivity index (χ0) is 24.3. The summed E-state index contributed by atoms with van der Waals surface area (Å²) in [5.74, 6) is -0.433. The van der Waals surface area contributed by atoms with Crippen LogP contribution in [0.5, 0.6) is 0 Å². The van der Waals surface area contributed by atoms with Gasteiger partial charge in [0.25, 0.3) is 5.91 Å². The van der Waals surface area contributed by atoms with Crippen LogP contribution in [0.3, 0.4) is 0 Å². The summed E-state index contributed by atoms with van der Waals surface area (Å²) in [4.78, 5) is 32.6. The molecule has 1 atom stereocenters. The Labute approximate surface area is 208 Å². The van der Waals surface area contributed by atoms with E-state index >= 15 is 0 Å². The van der Waals surface area contributed by atoms with Gasteiger partial charge in [-0.3, -0.25) is 9.59 Å². The molecule has 34 heavy (non-hydrogen) atoms. The van der Waals surface area contributed by atoms with E-state index in [-0.39, 0.29) is 18.4 Å². The lowest BCUT2D eigenvalue weighted by Gasteiger charge is -2.34. The molecule has 1 heterocycles. The Kier molecular flexibility index (Phi) is 6.89. The number of nitrogens with one attached hydrogen (secondary N) is 2. The zero-order valence-corrected chi connectivity index (χ0v) is 21.1. The smallest absolute Gasteiger partial charge is 0.257 e. The van der Waals surface area contributed by atoms with Crippen LogP contribution in [0.25, 0.3) is 10.9 Å². The summed E-state index contributed by atoms with van der Waals surface area (Å²) in [6.07, 6.45) is 1.73. The van der Waals surface area contributed by atoms with Crippen molar-refractivity contribution in [3.63, 3.8) is 0 Å². The van der Waals surface area contributed by atoms with Gasteiger partial charge < -0.3 is 15.2 Å². The van der Waals surface area contributed by atoms with Gasteiger partial charge in [-0.1, -0.05) is 76.6 Å². The predicted molar refractivity (Wildman–Crippen MR) is 139 cm³/mol. The van der Waals surface area contributed by atoms with E-state index in [2.05, 4.69) is 26.2 Å². The standard InChI is InChI=1S/C28H28BrN3O2/c1-28(2,3)31-26(33)25(20-13-15-21(29)16-14-20)32(18-19-9-5-4-6-10-19)27(34)23-17-30-24-12-8-7-11-22(23)24/h4-17,25,30H,18H2,1-3H3,(H,31,33). The minimum atomic E-state index is -0.811. The quantitative estimate of drug-likeness (QED) is 0.318. The number of carbonyl (C=O) groups excluding carboxylic acids is 2. The van der Waals surface area contributed by atoms with Gasteiger partial charge in [-0.05, 0) is 50.1 Å². The van der Waals surface area contributed by atoms with Crippen molar-refractivity contribution in [2.24, 2.45) is 0 Å². The number of halogens is 1. The molecule has 174 valence electrons. The van der Waals surface area contributed by atoms with Gasteiger partial charge in [0.15, 0.2) is 0 Å². The molecule has 0 bridgehead atoms. The number of rotatable bonds is 6. The van der Waals surface area contributed by atoms with Crippen molar-refractivity contribution in [2.45, 2.75) is 38.9 Å². The van der Waals surface area contributed by atoms with E-state index in [1.54, 1.807) is 11.1 Å². The van der Waals surface area contributed by atoms with E-state index in [4.69, 9.17) is 0 Å². The second-order valence-electron chi connectivity index (χ2n) is 9.36. The lowest BCUT2D eigenvalue weighted by Crippen LogP contribution is -2.49. The molecule has 0 spiro atoms. The lowest BCUT2D eigenvalue weighted by atomic mass is 9.99. The molecule has 0 radical (unpaired) electrons. The fourth-order valence-electron chi connectivity index (χ4n) is 4.02. The van der Waals surface area contributed by atoms with E-state index in [1.165, 1.54) is 0 Å². The molecule has 0 saturated carbocycles. The maximum Gasteiger partial charge on any atom is 0.257 e. The second kappa shape index (κ2) is 9.85. The Bertz CT molecular complexity index is 1290. The van der Waals surface area contributed by atoms with Crippen LogP contribution in [-0.2, 0) is 11.3 Å². The van der Waals surface area contributed by atoms with E-state index in [0.29, 0.717) is 5.56 Å². The molecule has 4 rings (SSSR count). The molecule has 0 aliphatic carbocycles. The first-order chi connectivity index (χ1) is 16.2. The molecule has 1 unspecified atom stereocenters. The van der Waals surface area contributed by atoms with Crippen molar-refractivity contribution in [1.82, 2.24) is 15.2 Å². The van der Waals surface area contributed by atoms with Gasteiger partial charge in [-0.15, -0.1) is 0 Å². The van der Waals surface area contributed by atoms with Gasteiger partial charge >= 0.3 is 0 Å². The number of hydrogen-bond donors (Lipinski definition) is 2. The lowest BCUT2D eigenvalue weighted by molar-refractivity contribution is -0.127. The number of aromatic amines is 1. The summed E-state index contributed by atoms with van der Waals surface area (Å²) in [5, 5.41) is 3.91. The van der Waals surface area contributed by atoms with Crippen LogP contribution in [-0.4, -0.2) is 27.2 Å². The monoisotopic (exact) mass is 517 g/mol. The normalized spacial score (nSPS) is 12.4. The SMILES string of the molecule is CC(C)(C)NC(=O)C(c1ccc(Br)cc1)N(Cc1ccccc1)C(=O)c1c[nH]c2ccccc12. The highest BCUT2D eigenvalue weighted by molar-refractivity contribution is 9.10. The number of benzene rings is 3. The number of aromatic nitrogens is 1. The molecule has 0 aliphatic rings. The minimum absolute atomic E-state index is 0.210. The summed E-state index contributed by atoms with van der Waals surface area (Å²) in [7, 11) is 0. The third kappa shape index (κ3) is 5.39. The predicted octanol–water partition coefficient (Wildman–Crippen LogP) is 6.23. The van der Waals surface area contributed by atoms with Crippen LogP contribution >= 0.6 is 15.9 Å². The molecule has 4 aromatic rings. The van der Waals surface area contributed by atoms with Crippen molar-refractivity contribution in [2.75, 3.05) is 0 Å². The van der Waals surface area contributed by atoms with Crippen LogP contribution in [0.15, 0.2) is 89.5 Å². The number of fused-ring (bicyclic) bond motifs is 1. The Morgan fingerprint density at radius 2 is 1.59 bits per heavy atom. The fourth-order valence-corrected chi connectivity index (χ4v) is 4.28. The van der Waals surface area contributed by atoms with Gasteiger partial charge in [0, 0.05) is 33.7 Å². The average Bonchev–Trinajstić information content (AvgIpc) is 3.23. The third-order valence-electron chi connectivity index (χ3n) is 5.52. The molecule has 0 fully saturated rings. The fraction of sp³-hybridized carbons (Fsp3) is 0.214. The maximum absolute atomic E-state index is 14.1. The Morgan fingerprint density at radius 3 is 2.26 bits per heavy atom. The summed E-state index contributed by atoms with van der Waals surface area (Å²) in [6, 6.07) is 24.2. The van der Waals surface area contributed by atoms with Crippen molar-refractivity contribution < 1.29 is 9.59 Å². The number of nitrogens with zero attached hydrogens (tertiary/aromatic N) is 1. The molecular weight excluding hydrogens is 490 g/mol. The highest BCUT2D eigenvalue weighted by Gasteiger charge is 2.34. The van der Waals surface area contributed by atoms with Gasteiger partial charge in [-0.25, -0.2) is 0 Å². The Morgan fingerprint density at radius 1 is 0.941 bits per heavy atom. The van der Waals surface area contributed by atoms with Crippen molar-refractivity contribution in [3.05, 3.63) is 106 Å². The highest BCUT2D eigenvalue weighted by Crippen LogP contribution is 2.29. The first-order valence-corrected chi connectivity index (χ1v) is 12.0. The molecule has 5 nitrogen and oxygen atoms in total. The summed E-state index contributed by atoms with van der Waals surface area (Å²) < 4.78 is 0.906. The zero-order valence-electron chi connectivity index (χ0n) is 19.5. The van der Waals surface area contributed by atoms with E-state index in [0.717, 1.165) is 26.5 Å². The number of para-hydroxylation sites is 1. The van der Waals surface area contributed by atoms with Gasteiger partial charge in [0.2, 0.25) is 5.91 Å². The number of H-pyrrole nitrogens is 1. The average molecular weight is 518 g/mol. The first-order valence-electron chi connectivity index (χ1n) is 11.2. The largest absolute Gasteiger partial charge is 0.360 e. The molecular formula is C28H28BrN3O2. The second-order valence-corrected chi connectivity index (χ2v) is 10.3. The highest BCUT2D eigenvalue weighted by atomic mass is 79.9. The topological polar surface area (TPSA) is 65.2 Å². The molecule has 3 aromatic carbocycles. The first kappa shape index (κ1) is 23.8. The number of amides is 2. The Hall–Kier alpha value is -3.38. The van der Waals surface area contributed by atoms with Crippen LogP contribution in [0.2, 0.25) is 0 Å². The maximum atomic E-state index is 14.1. The summed E-state index contributed by atoms with van der Waals surface area (Å²) in [6.45, 7) is 6.10. The van der Waals surface area contributed by atoms with Crippen LogP contribution in [0.1, 0.15) is 48.3 Å². The number of hydrogen-bond acceptors (Lipinski definition) is 2. The van der Waals surface area contributed by atoms with Crippen LogP contribution < -0.4 is 5.32 Å². The molecule has 6 heteroatoms. The third-order valence-corrected chi connectivity index (χ3v) is 6.05. The summed E-state index contributed by atoms with van der Waals surface area (Å²) in [5.41, 5.74) is 2.66. The van der Waals surface area contributed by atoms with Gasteiger partial charge in [0.1, 0.15) is 6.04 Å². The Balaban J connectivity index is 1.84. The summed E-state index contributed by atoms with van der Waals surface area (Å²) >= 11 is 3.47. The molecule has 2 N–H and O–H groups in total. The van der Waals surface area contributed by atoms with Gasteiger partial charge in [0.05, 0.1) is 5.56 Å². The molecule has 1 aromatic heterocycles. The van der Waals surface area contributed by atoms with Crippen molar-refractivity contribution in [1.29, 1.82) is 0 Å². The van der Waals surface area contributed by atoms with Crippen LogP contribution in [0, 0.1) is 0 Å². The van der Waals surface area contributed by atoms with E-state index < -0.39 is 11.6 Å². The van der Waals surface area contributed by atoms with Gasteiger partial charge in [-0.2, -0.15) is 0 Å². The minimum Gasteiger partial charge on any atom is -0.360 e. The van der Waals surface area contributed by atoms with Crippen molar-refractivity contribution >= 4 is 38.6 Å². The van der Waals surface area contributed by atoms with E-state index in [9.17, 15) is 9.59 Å².